The quantitative estimate of drug-likeness (QED) is 0.313. The van der Waals surface area contributed by atoms with Crippen LogP contribution in [0.3, 0.4) is 0 Å². The fourth-order valence-corrected chi connectivity index (χ4v) is 2.27. The zero-order chi connectivity index (χ0) is 11.2. The summed E-state index contributed by atoms with van der Waals surface area (Å²) in [5, 5.41) is 1.29. The third-order valence-corrected chi connectivity index (χ3v) is 3.47. The van der Waals surface area contributed by atoms with Gasteiger partial charge in [-0.1, -0.05) is 13.3 Å². The van der Waals surface area contributed by atoms with E-state index in [0.29, 0.717) is 0 Å². The van der Waals surface area contributed by atoms with Crippen LogP contribution >= 0.6 is 0 Å². The number of hydrogen-bond acceptors (Lipinski definition) is 0. The zero-order valence-corrected chi connectivity index (χ0v) is 11.9. The van der Waals surface area contributed by atoms with E-state index >= 15 is 0 Å². The summed E-state index contributed by atoms with van der Waals surface area (Å²) in [5.74, 6) is 0. The third kappa shape index (κ3) is 14.5. The van der Waals surface area contributed by atoms with Crippen LogP contribution in [0.25, 0.3) is 0 Å². The Labute approximate surface area is 106 Å². The van der Waals surface area contributed by atoms with E-state index < -0.39 is 0 Å². The summed E-state index contributed by atoms with van der Waals surface area (Å²) < 4.78 is 0. The van der Waals surface area contributed by atoms with E-state index in [4.69, 9.17) is 0 Å². The zero-order valence-electron chi connectivity index (χ0n) is 10.8. The molecule has 0 saturated heterocycles. The van der Waals surface area contributed by atoms with E-state index in [-0.39, 0.29) is 0 Å². The minimum absolute atomic E-state index is 1.29. The van der Waals surface area contributed by atoms with E-state index in [9.17, 15) is 0 Å². The van der Waals surface area contributed by atoms with Crippen molar-refractivity contribution >= 4 is 16.3 Å². The fraction of sp³-hybridized carbons (Fsp3) is 1.00. The Morgan fingerprint density at radius 2 is 0.867 bits per heavy atom. The molecular formula is C14H29Al+2. The Morgan fingerprint density at radius 1 is 0.533 bits per heavy atom. The normalized spacial score (nSPS) is 10.9. The van der Waals surface area contributed by atoms with E-state index in [1.54, 1.807) is 0 Å². The first kappa shape index (κ1) is 15.5. The van der Waals surface area contributed by atoms with Crippen LogP contribution in [-0.2, 0) is 0 Å². The van der Waals surface area contributed by atoms with Gasteiger partial charge in [0.1, 0.15) is 0 Å². The SMILES string of the molecule is CCCCCCCCCCCCC[CH2][Al+2]. The summed E-state index contributed by atoms with van der Waals surface area (Å²) in [5.41, 5.74) is 0. The fourth-order valence-electron chi connectivity index (χ4n) is 1.99. The van der Waals surface area contributed by atoms with Gasteiger partial charge in [-0.3, -0.25) is 0 Å². The molecule has 0 amide bonds. The molecule has 0 heterocycles. The van der Waals surface area contributed by atoms with Crippen LogP contribution in [-0.4, -0.2) is 16.3 Å². The average Bonchev–Trinajstić information content (AvgIpc) is 2.26. The molecule has 0 aliphatic heterocycles. The first-order chi connectivity index (χ1) is 7.41. The number of unbranched alkanes of at least 4 members (excludes halogenated alkanes) is 11. The summed E-state index contributed by atoms with van der Waals surface area (Å²) in [4.78, 5) is 0. The molecule has 0 spiro atoms. The van der Waals surface area contributed by atoms with Crippen LogP contribution in [0.15, 0.2) is 0 Å². The van der Waals surface area contributed by atoms with Crippen molar-refractivity contribution in [1.29, 1.82) is 0 Å². The van der Waals surface area contributed by atoms with E-state index in [0.717, 1.165) is 0 Å². The maximum absolute atomic E-state index is 2.81. The Morgan fingerprint density at radius 3 is 1.20 bits per heavy atom. The Kier molecular flexibility index (Phi) is 15.0. The second-order valence-corrected chi connectivity index (χ2v) is 5.26. The average molecular weight is 224 g/mol. The maximum atomic E-state index is 2.81. The van der Waals surface area contributed by atoms with Crippen LogP contribution in [0, 0.1) is 0 Å². The second kappa shape index (κ2) is 14.5. The van der Waals surface area contributed by atoms with Crippen molar-refractivity contribution in [1.82, 2.24) is 0 Å². The summed E-state index contributed by atoms with van der Waals surface area (Å²) in [7, 11) is 0. The Balaban J connectivity index is 2.81. The monoisotopic (exact) mass is 224 g/mol. The molecule has 86 valence electrons. The van der Waals surface area contributed by atoms with Crippen LogP contribution < -0.4 is 0 Å². The molecule has 0 aromatic carbocycles. The van der Waals surface area contributed by atoms with Gasteiger partial charge in [0.15, 0.2) is 0 Å². The van der Waals surface area contributed by atoms with Gasteiger partial charge in [-0.15, -0.1) is 0 Å². The van der Waals surface area contributed by atoms with Crippen molar-refractivity contribution in [3.05, 3.63) is 0 Å². The number of hydrogen-bond donors (Lipinski definition) is 0. The topological polar surface area (TPSA) is 0 Å². The molecule has 15 heavy (non-hydrogen) atoms. The van der Waals surface area contributed by atoms with Gasteiger partial charge in [0.05, 0.1) is 0 Å². The van der Waals surface area contributed by atoms with Gasteiger partial charge in [-0.05, 0) is 0 Å². The predicted molar refractivity (Wildman–Crippen MR) is 71.6 cm³/mol. The first-order valence-electron chi connectivity index (χ1n) is 7.12. The van der Waals surface area contributed by atoms with Crippen molar-refractivity contribution < 1.29 is 0 Å². The van der Waals surface area contributed by atoms with Crippen LogP contribution in [0.4, 0.5) is 0 Å². The van der Waals surface area contributed by atoms with E-state index in [1.807, 2.05) is 0 Å². The molecule has 0 nitrogen and oxygen atoms in total. The molecule has 0 atom stereocenters. The summed E-state index contributed by atoms with van der Waals surface area (Å²) >= 11 is 2.81. The van der Waals surface area contributed by atoms with Gasteiger partial charge < -0.3 is 0 Å². The molecule has 0 unspecified atom stereocenters. The molecule has 0 aliphatic carbocycles. The third-order valence-electron chi connectivity index (χ3n) is 3.06. The van der Waals surface area contributed by atoms with Crippen LogP contribution in [0.5, 0.6) is 0 Å². The van der Waals surface area contributed by atoms with Crippen molar-refractivity contribution in [2.45, 2.75) is 89.3 Å². The Hall–Kier alpha value is 0.532. The van der Waals surface area contributed by atoms with Gasteiger partial charge in [-0.25, -0.2) is 0 Å². The molecule has 0 radical (unpaired) electrons. The molecule has 0 N–H and O–H groups in total. The molecule has 0 rings (SSSR count). The van der Waals surface area contributed by atoms with Crippen molar-refractivity contribution in [3.63, 3.8) is 0 Å². The minimum atomic E-state index is 1.29. The molecule has 0 bridgehead atoms. The molecule has 1 heteroatoms. The van der Waals surface area contributed by atoms with Gasteiger partial charge in [0.2, 0.25) is 0 Å². The molecule has 0 aromatic rings. The second-order valence-electron chi connectivity index (χ2n) is 4.68. The number of rotatable bonds is 12. The van der Waals surface area contributed by atoms with E-state index in [2.05, 4.69) is 23.2 Å². The van der Waals surface area contributed by atoms with Crippen LogP contribution in [0.1, 0.15) is 84.0 Å². The molecular weight excluding hydrogens is 195 g/mol. The summed E-state index contributed by atoms with van der Waals surface area (Å²) in [6.07, 6.45) is 17.4. The molecule has 0 saturated carbocycles. The molecule has 0 aliphatic rings. The van der Waals surface area contributed by atoms with Gasteiger partial charge in [0, 0.05) is 0 Å². The van der Waals surface area contributed by atoms with Gasteiger partial charge >= 0.3 is 92.2 Å². The first-order valence-corrected chi connectivity index (χ1v) is 7.93. The van der Waals surface area contributed by atoms with Crippen molar-refractivity contribution in [2.24, 2.45) is 0 Å². The van der Waals surface area contributed by atoms with E-state index in [1.165, 1.54) is 82.3 Å². The molecule has 0 aromatic heterocycles. The summed E-state index contributed by atoms with van der Waals surface area (Å²) in [6, 6.07) is 0. The standard InChI is InChI=1S/C14H29.Al/c1-3-5-7-9-11-13-14-12-10-8-6-4-2;/h1,3-14H2,2H3;/q;+2. The summed E-state index contributed by atoms with van der Waals surface area (Å²) in [6.45, 7) is 2.29. The predicted octanol–water partition coefficient (Wildman–Crippen LogP) is 5.27. The Bertz CT molecular complexity index is 89.5. The van der Waals surface area contributed by atoms with Gasteiger partial charge in [-0.2, -0.15) is 0 Å². The molecule has 0 fully saturated rings. The van der Waals surface area contributed by atoms with Crippen LogP contribution in [0.2, 0.25) is 5.28 Å². The van der Waals surface area contributed by atoms with Crippen molar-refractivity contribution in [3.8, 4) is 0 Å². The van der Waals surface area contributed by atoms with Crippen molar-refractivity contribution in [2.75, 3.05) is 0 Å². The van der Waals surface area contributed by atoms with Gasteiger partial charge in [0.25, 0.3) is 0 Å².